The maximum atomic E-state index is 13.8. The van der Waals surface area contributed by atoms with Crippen LogP contribution in [0, 0.1) is 5.41 Å². The molecule has 344 valence electrons. The van der Waals surface area contributed by atoms with Gasteiger partial charge >= 0.3 is 27.2 Å². The normalized spacial score (nSPS) is 19.9. The van der Waals surface area contributed by atoms with Crippen LogP contribution in [-0.4, -0.2) is 104 Å². The molecule has 2 aromatic rings. The van der Waals surface area contributed by atoms with E-state index in [1.54, 1.807) is 12.1 Å². The number of hydrogen-bond acceptors (Lipinski definition) is 13. The number of carbonyl (C=O) groups excluding carboxylic acids is 1. The van der Waals surface area contributed by atoms with Crippen molar-refractivity contribution in [2.45, 2.75) is 89.4 Å². The van der Waals surface area contributed by atoms with Crippen molar-refractivity contribution in [3.05, 3.63) is 101 Å². The largest absolute Gasteiger partial charge is 0.480 e. The number of aliphatic carboxylic acids is 1. The van der Waals surface area contributed by atoms with Crippen LogP contribution in [0.1, 0.15) is 84.8 Å². The monoisotopic (exact) mass is 954 g/mol. The van der Waals surface area contributed by atoms with Crippen molar-refractivity contribution in [2.75, 3.05) is 30.3 Å². The summed E-state index contributed by atoms with van der Waals surface area (Å²) < 4.78 is 119. The van der Waals surface area contributed by atoms with Crippen molar-refractivity contribution >= 4 is 70.4 Å². The van der Waals surface area contributed by atoms with E-state index >= 15 is 0 Å². The quantitative estimate of drug-likeness (QED) is 0.115. The number of hydrogen-bond donors (Lipinski definition) is 4. The minimum Gasteiger partial charge on any atom is -0.480 e. The molecule has 0 radical (unpaired) electrons. The van der Waals surface area contributed by atoms with Crippen LogP contribution in [0.5, 0.6) is 0 Å². The van der Waals surface area contributed by atoms with Crippen LogP contribution in [0.3, 0.4) is 0 Å². The van der Waals surface area contributed by atoms with Gasteiger partial charge in [-0.3, -0.25) is 18.7 Å². The molecule has 0 saturated heterocycles. The Morgan fingerprint density at radius 1 is 0.841 bits per heavy atom. The number of carboxylic acid groups (broad SMARTS) is 1. The fourth-order valence-corrected chi connectivity index (χ4v) is 8.90. The van der Waals surface area contributed by atoms with Gasteiger partial charge in [0, 0.05) is 54.0 Å². The first-order valence-electron chi connectivity index (χ1n) is 19.6. The lowest BCUT2D eigenvalue weighted by Gasteiger charge is -2.33. The summed E-state index contributed by atoms with van der Waals surface area (Å²) in [6.07, 6.45) is 11.7. The highest BCUT2D eigenvalue weighted by molar-refractivity contribution is 7.86. The number of unbranched alkanes of at least 4 members (excludes halogenated alkanes) is 1. The molecule has 2 aliphatic heterocycles. The predicted octanol–water partition coefficient (Wildman–Crippen LogP) is 4.47. The second-order valence-electron chi connectivity index (χ2n) is 16.0. The Hall–Kier alpha value is -5.13. The van der Waals surface area contributed by atoms with Crippen molar-refractivity contribution in [3.8, 4) is 0 Å². The maximum absolute atomic E-state index is 13.8. The first-order valence-corrected chi connectivity index (χ1v) is 24.6. The number of amides is 1. The second-order valence-corrected chi connectivity index (χ2v) is 19.8. The first-order chi connectivity index (χ1) is 29.1. The highest BCUT2D eigenvalue weighted by Crippen LogP contribution is 2.49. The molecule has 1 amide bonds. The molecule has 5 rings (SSSR count). The molecule has 1 aliphatic carbocycles. The molecule has 0 spiro atoms. The zero-order valence-corrected chi connectivity index (χ0v) is 38.8. The van der Waals surface area contributed by atoms with Gasteiger partial charge in [-0.05, 0) is 74.1 Å². The summed E-state index contributed by atoms with van der Waals surface area (Å²) in [6.45, 7) is 13.3. The summed E-state index contributed by atoms with van der Waals surface area (Å²) in [4.78, 5) is 28.9. The predicted molar refractivity (Wildman–Crippen MR) is 233 cm³/mol. The van der Waals surface area contributed by atoms with Crippen molar-refractivity contribution < 1.29 is 70.5 Å². The van der Waals surface area contributed by atoms with Gasteiger partial charge in [-0.2, -0.15) is 21.4 Å². The van der Waals surface area contributed by atoms with Crippen LogP contribution < -0.4 is 10.2 Å². The van der Waals surface area contributed by atoms with E-state index in [2.05, 4.69) is 47.7 Å². The molecule has 4 N–H and O–H groups in total. The molecule has 2 aromatic carbocycles. The van der Waals surface area contributed by atoms with Gasteiger partial charge < -0.3 is 15.3 Å². The first kappa shape index (κ1) is 52.2. The molecule has 0 aromatic heterocycles. The van der Waals surface area contributed by atoms with Gasteiger partial charge in [-0.25, -0.2) is 0 Å². The Morgan fingerprint density at radius 2 is 1.46 bits per heavy atom. The zero-order chi connectivity index (χ0) is 47.7. The average Bonchev–Trinajstić information content (AvgIpc) is 3.51. The summed E-state index contributed by atoms with van der Waals surface area (Å²) in [5.41, 5.74) is 3.65. The number of fused-ring (bicyclic) bond motifs is 2. The standard InChI is InChI=1S/C41H51N3O9S2.2O3S/c1-7-9-22-44-33-13-11-10-12-31(33)39(3,4)35(44)18-14-28-24-29(27-41(26-28,38(46)47)37(45)42-20-23-54(48,49)50)15-19-36-40(5,6)32-25-30(55(51,52)53)16-17-34(32)43(36)21-8-2;2*1-4(2)3/h10-19,24-25H,7-9,20-23,26-27H2,1-6H3,(H3-,42,45,46,47,48,49,50,51,52,53);;/p+1. The van der Waals surface area contributed by atoms with Crippen LogP contribution in [0.25, 0.3) is 0 Å². The van der Waals surface area contributed by atoms with Crippen LogP contribution in [-0.2, 0) is 61.9 Å². The minimum atomic E-state index is -4.45. The summed E-state index contributed by atoms with van der Waals surface area (Å²) in [7, 11) is -15.1. The molecule has 1 atom stereocenters. The van der Waals surface area contributed by atoms with Gasteiger partial charge in [0.05, 0.1) is 16.1 Å². The highest BCUT2D eigenvalue weighted by atomic mass is 32.2. The Bertz CT molecular complexity index is 2700. The number of carbonyl (C=O) groups is 2. The average molecular weight is 955 g/mol. The Kier molecular flexibility index (Phi) is 17.4. The zero-order valence-electron chi connectivity index (χ0n) is 35.6. The summed E-state index contributed by atoms with van der Waals surface area (Å²) in [6, 6.07) is 12.8. The fraction of sp³-hybridized carbons (Fsp3) is 0.439. The number of benzene rings is 2. The van der Waals surface area contributed by atoms with Gasteiger partial charge in [0.1, 0.15) is 6.54 Å². The van der Waals surface area contributed by atoms with E-state index in [-0.39, 0.29) is 23.2 Å². The van der Waals surface area contributed by atoms with Crippen molar-refractivity contribution in [1.29, 1.82) is 0 Å². The third-order valence-electron chi connectivity index (χ3n) is 10.9. The van der Waals surface area contributed by atoms with Crippen molar-refractivity contribution in [1.82, 2.24) is 5.32 Å². The highest BCUT2D eigenvalue weighted by Gasteiger charge is 2.49. The van der Waals surface area contributed by atoms with Crippen LogP contribution >= 0.6 is 0 Å². The smallest absolute Gasteiger partial charge is 0.425 e. The third kappa shape index (κ3) is 13.0. The Morgan fingerprint density at radius 3 is 2.02 bits per heavy atom. The van der Waals surface area contributed by atoms with Gasteiger partial charge in [-0.1, -0.05) is 70.5 Å². The molecule has 0 saturated carbocycles. The number of rotatable bonds is 14. The molecule has 3 aliphatic rings. The van der Waals surface area contributed by atoms with Crippen LogP contribution in [0.2, 0.25) is 0 Å². The SMILES string of the molecule is CCCC[N+]1=C(/C=C/C2=CC(=C/C=C3/N(CCC)c4ccc(S(=O)(=O)O)cc4C3(C)C)/CC(C(=O)O)(C(=O)NCCS(=O)(=O)O)C2)C(C)(C)c2ccccc21.O=S(=O)=O.O=S(=O)=O. The van der Waals surface area contributed by atoms with E-state index in [1.807, 2.05) is 57.2 Å². The minimum absolute atomic E-state index is 0.169. The fourth-order valence-electron chi connectivity index (χ4n) is 8.03. The number of nitrogens with one attached hydrogen (secondary N) is 1. The maximum Gasteiger partial charge on any atom is 0.425 e. The van der Waals surface area contributed by atoms with Crippen molar-refractivity contribution in [2.24, 2.45) is 5.41 Å². The van der Waals surface area contributed by atoms with E-state index in [1.165, 1.54) is 17.7 Å². The lowest BCUT2D eigenvalue weighted by molar-refractivity contribution is -0.438. The van der Waals surface area contributed by atoms with E-state index in [0.717, 1.165) is 48.6 Å². The summed E-state index contributed by atoms with van der Waals surface area (Å²) >= 11 is 0. The second kappa shape index (κ2) is 21.0. The molecular formula is C41H52N3O15S4+. The molecule has 1 unspecified atom stereocenters. The lowest BCUT2D eigenvalue weighted by Crippen LogP contribution is -2.49. The molecule has 0 fully saturated rings. The lowest BCUT2D eigenvalue weighted by atomic mass is 9.71. The number of anilines is 1. The van der Waals surface area contributed by atoms with E-state index in [0.29, 0.717) is 23.3 Å². The Labute approximate surface area is 370 Å². The van der Waals surface area contributed by atoms with E-state index in [9.17, 15) is 40.6 Å². The van der Waals surface area contributed by atoms with Crippen LogP contribution in [0.4, 0.5) is 11.4 Å². The van der Waals surface area contributed by atoms with Crippen molar-refractivity contribution in [3.63, 3.8) is 0 Å². The third-order valence-corrected chi connectivity index (χ3v) is 12.5. The molecule has 63 heavy (non-hydrogen) atoms. The van der Waals surface area contributed by atoms with Gasteiger partial charge in [0.2, 0.25) is 11.6 Å². The number of carboxylic acids is 1. The molecule has 18 nitrogen and oxygen atoms in total. The summed E-state index contributed by atoms with van der Waals surface area (Å²) in [5, 5.41) is 13.2. The van der Waals surface area contributed by atoms with E-state index < -0.39 is 76.5 Å². The van der Waals surface area contributed by atoms with Crippen LogP contribution in [0.15, 0.2) is 94.6 Å². The van der Waals surface area contributed by atoms with Gasteiger partial charge in [-0.15, -0.1) is 25.3 Å². The molecular weight excluding hydrogens is 903 g/mol. The molecule has 2 heterocycles. The topological polar surface area (TPSA) is 284 Å². The summed E-state index contributed by atoms with van der Waals surface area (Å²) in [5.74, 6) is -3.01. The Balaban J connectivity index is 0.00000121. The molecule has 22 heteroatoms. The number of nitrogens with zero attached hydrogens (tertiary/aromatic N) is 2. The van der Waals surface area contributed by atoms with Gasteiger partial charge in [0.25, 0.3) is 20.2 Å². The van der Waals surface area contributed by atoms with E-state index in [4.69, 9.17) is 25.3 Å². The number of allylic oxidation sites excluding steroid dienone is 8. The van der Waals surface area contributed by atoms with Gasteiger partial charge in [0.15, 0.2) is 11.1 Å². The molecule has 0 bridgehead atoms. The number of para-hydroxylation sites is 1.